The standard InChI is InChI=1S/C27H40BNO4/c1-20(21-13-15-23(16-14-21)28-32-25(4,5)26(6,7)33-28)29-18-17-27(31,19-24(2,3)30)22-11-9-8-10-12-22/h8-16,20,29-31H,17-19H2,1-7H3/t20-,27-/m0/s1. The number of hydrogen-bond donors (Lipinski definition) is 3. The van der Waals surface area contributed by atoms with Crippen LogP contribution in [0.3, 0.4) is 0 Å². The van der Waals surface area contributed by atoms with Crippen LogP contribution >= 0.6 is 0 Å². The summed E-state index contributed by atoms with van der Waals surface area (Å²) in [6.45, 7) is 14.4. The molecule has 1 aliphatic heterocycles. The molecule has 2 aromatic carbocycles. The van der Waals surface area contributed by atoms with Gasteiger partial charge in [-0.2, -0.15) is 0 Å². The van der Waals surface area contributed by atoms with Crippen LogP contribution in [0.4, 0.5) is 0 Å². The first kappa shape index (κ1) is 25.9. The summed E-state index contributed by atoms with van der Waals surface area (Å²) >= 11 is 0. The zero-order valence-electron chi connectivity index (χ0n) is 21.2. The topological polar surface area (TPSA) is 71.0 Å². The van der Waals surface area contributed by atoms with Crippen molar-refractivity contribution >= 4 is 12.6 Å². The maximum absolute atomic E-state index is 11.4. The number of rotatable bonds is 9. The van der Waals surface area contributed by atoms with E-state index in [2.05, 4.69) is 64.2 Å². The van der Waals surface area contributed by atoms with Crippen molar-refractivity contribution in [3.63, 3.8) is 0 Å². The molecule has 0 saturated carbocycles. The second-order valence-corrected chi connectivity index (χ2v) is 11.1. The average molecular weight is 453 g/mol. The lowest BCUT2D eigenvalue weighted by molar-refractivity contribution is -0.0555. The number of benzene rings is 2. The summed E-state index contributed by atoms with van der Waals surface area (Å²) in [6.07, 6.45) is 0.764. The highest BCUT2D eigenvalue weighted by molar-refractivity contribution is 6.62. The van der Waals surface area contributed by atoms with Gasteiger partial charge in [0.25, 0.3) is 0 Å². The van der Waals surface area contributed by atoms with E-state index in [4.69, 9.17) is 9.31 Å². The lowest BCUT2D eigenvalue weighted by Crippen LogP contribution is -2.41. The Bertz CT molecular complexity index is 892. The third kappa shape index (κ3) is 6.25. The van der Waals surface area contributed by atoms with E-state index in [1.807, 2.05) is 30.3 Å². The Hall–Kier alpha value is -1.70. The minimum atomic E-state index is -1.10. The van der Waals surface area contributed by atoms with Gasteiger partial charge >= 0.3 is 7.12 Å². The first-order valence-electron chi connectivity index (χ1n) is 11.9. The zero-order valence-corrected chi connectivity index (χ0v) is 21.2. The van der Waals surface area contributed by atoms with Crippen molar-refractivity contribution in [3.8, 4) is 0 Å². The van der Waals surface area contributed by atoms with Crippen LogP contribution in [-0.2, 0) is 14.9 Å². The fourth-order valence-electron chi connectivity index (χ4n) is 4.33. The van der Waals surface area contributed by atoms with Crippen molar-refractivity contribution in [2.45, 2.75) is 89.8 Å². The van der Waals surface area contributed by atoms with E-state index >= 15 is 0 Å². The molecule has 0 aliphatic carbocycles. The summed E-state index contributed by atoms with van der Waals surface area (Å²) in [4.78, 5) is 0. The van der Waals surface area contributed by atoms with E-state index in [9.17, 15) is 10.2 Å². The molecule has 0 aromatic heterocycles. The molecule has 0 unspecified atom stereocenters. The van der Waals surface area contributed by atoms with E-state index in [0.717, 1.165) is 16.6 Å². The molecular weight excluding hydrogens is 413 g/mol. The monoisotopic (exact) mass is 453 g/mol. The fraction of sp³-hybridized carbons (Fsp3) is 0.556. The Kier molecular flexibility index (Phi) is 7.47. The van der Waals surface area contributed by atoms with Crippen molar-refractivity contribution in [1.29, 1.82) is 0 Å². The molecule has 0 spiro atoms. The Morgan fingerprint density at radius 1 is 0.909 bits per heavy atom. The van der Waals surface area contributed by atoms with Gasteiger partial charge in [-0.15, -0.1) is 0 Å². The molecule has 1 saturated heterocycles. The van der Waals surface area contributed by atoms with Crippen LogP contribution in [0, 0.1) is 0 Å². The van der Waals surface area contributed by atoms with Gasteiger partial charge < -0.3 is 24.8 Å². The summed E-state index contributed by atoms with van der Waals surface area (Å²) in [7, 11) is -0.366. The van der Waals surface area contributed by atoms with E-state index in [1.54, 1.807) is 13.8 Å². The minimum Gasteiger partial charge on any atom is -0.399 e. The number of nitrogens with one attached hydrogen (secondary N) is 1. The third-order valence-corrected chi connectivity index (χ3v) is 6.99. The molecule has 3 rings (SSSR count). The molecule has 0 bridgehead atoms. The zero-order chi connectivity index (χ0) is 24.5. The van der Waals surface area contributed by atoms with Crippen LogP contribution in [0.25, 0.3) is 0 Å². The third-order valence-electron chi connectivity index (χ3n) is 6.99. The SMILES string of the molecule is C[C@H](NCC[C@](O)(CC(C)(C)O)c1ccccc1)c1ccc(B2OC(C)(C)C(C)(C)O2)cc1. The van der Waals surface area contributed by atoms with Crippen molar-refractivity contribution < 1.29 is 19.5 Å². The number of aliphatic hydroxyl groups is 2. The van der Waals surface area contributed by atoms with E-state index in [0.29, 0.717) is 13.0 Å². The Morgan fingerprint density at radius 2 is 1.45 bits per heavy atom. The van der Waals surface area contributed by atoms with Gasteiger partial charge in [0, 0.05) is 12.5 Å². The molecule has 2 atom stereocenters. The predicted molar refractivity (Wildman–Crippen MR) is 134 cm³/mol. The van der Waals surface area contributed by atoms with Crippen molar-refractivity contribution in [3.05, 3.63) is 65.7 Å². The van der Waals surface area contributed by atoms with E-state index in [1.165, 1.54) is 0 Å². The summed E-state index contributed by atoms with van der Waals surface area (Å²) in [5, 5.41) is 25.3. The van der Waals surface area contributed by atoms with Crippen LogP contribution in [0.15, 0.2) is 54.6 Å². The molecule has 33 heavy (non-hydrogen) atoms. The molecule has 6 heteroatoms. The molecule has 1 heterocycles. The van der Waals surface area contributed by atoms with Crippen LogP contribution in [0.1, 0.15) is 78.5 Å². The van der Waals surface area contributed by atoms with Gasteiger partial charge in [-0.25, -0.2) is 0 Å². The summed E-state index contributed by atoms with van der Waals surface area (Å²) < 4.78 is 12.3. The van der Waals surface area contributed by atoms with Gasteiger partial charge in [0.15, 0.2) is 0 Å². The van der Waals surface area contributed by atoms with E-state index in [-0.39, 0.29) is 30.8 Å². The first-order valence-corrected chi connectivity index (χ1v) is 11.9. The molecular formula is C27H40BNO4. The lowest BCUT2D eigenvalue weighted by Gasteiger charge is -2.34. The predicted octanol–water partition coefficient (Wildman–Crippen LogP) is 4.08. The summed E-state index contributed by atoms with van der Waals surface area (Å²) in [5.74, 6) is 0. The van der Waals surface area contributed by atoms with Gasteiger partial charge in [0.1, 0.15) is 0 Å². The minimum absolute atomic E-state index is 0.111. The highest BCUT2D eigenvalue weighted by Gasteiger charge is 2.51. The van der Waals surface area contributed by atoms with Crippen LogP contribution < -0.4 is 10.8 Å². The quantitative estimate of drug-likeness (QED) is 0.500. The maximum atomic E-state index is 11.4. The second kappa shape index (κ2) is 9.51. The highest BCUT2D eigenvalue weighted by atomic mass is 16.7. The van der Waals surface area contributed by atoms with Crippen LogP contribution in [0.5, 0.6) is 0 Å². The van der Waals surface area contributed by atoms with Crippen LogP contribution in [-0.4, -0.2) is 40.7 Å². The first-order chi connectivity index (χ1) is 15.2. The largest absolute Gasteiger partial charge is 0.494 e. The summed E-state index contributed by atoms with van der Waals surface area (Å²) in [5.41, 5.74) is 0.197. The van der Waals surface area contributed by atoms with Gasteiger partial charge in [0.05, 0.1) is 22.4 Å². The van der Waals surface area contributed by atoms with Crippen LogP contribution in [0.2, 0.25) is 0 Å². The molecule has 2 aromatic rings. The van der Waals surface area contributed by atoms with Crippen molar-refractivity contribution in [1.82, 2.24) is 5.32 Å². The lowest BCUT2D eigenvalue weighted by atomic mass is 9.78. The highest BCUT2D eigenvalue weighted by Crippen LogP contribution is 2.36. The maximum Gasteiger partial charge on any atom is 0.494 e. The molecule has 1 fully saturated rings. The molecule has 3 N–H and O–H groups in total. The smallest absolute Gasteiger partial charge is 0.399 e. The van der Waals surface area contributed by atoms with Gasteiger partial charge in [0.2, 0.25) is 0 Å². The number of hydrogen-bond acceptors (Lipinski definition) is 5. The van der Waals surface area contributed by atoms with Gasteiger partial charge in [-0.1, -0.05) is 54.6 Å². The molecule has 180 valence electrons. The second-order valence-electron chi connectivity index (χ2n) is 11.1. The van der Waals surface area contributed by atoms with Gasteiger partial charge in [-0.3, -0.25) is 0 Å². The molecule has 0 amide bonds. The van der Waals surface area contributed by atoms with Crippen molar-refractivity contribution in [2.75, 3.05) is 6.54 Å². The fourth-order valence-corrected chi connectivity index (χ4v) is 4.33. The normalized spacial score (nSPS) is 20.5. The van der Waals surface area contributed by atoms with E-state index < -0.39 is 11.2 Å². The Morgan fingerprint density at radius 3 is 1.97 bits per heavy atom. The summed E-state index contributed by atoms with van der Waals surface area (Å²) in [6, 6.07) is 18.0. The van der Waals surface area contributed by atoms with Gasteiger partial charge in [-0.05, 0) is 78.0 Å². The molecule has 0 radical (unpaired) electrons. The Labute approximate surface area is 199 Å². The molecule has 5 nitrogen and oxygen atoms in total. The van der Waals surface area contributed by atoms with Crippen molar-refractivity contribution in [2.24, 2.45) is 0 Å². The molecule has 1 aliphatic rings. The average Bonchev–Trinajstić information content (AvgIpc) is 2.94. The Balaban J connectivity index is 1.61.